The van der Waals surface area contributed by atoms with E-state index in [9.17, 15) is 19.7 Å². The molecule has 2 amide bonds. The van der Waals surface area contributed by atoms with Crippen molar-refractivity contribution in [2.75, 3.05) is 0 Å². The number of hydrazone groups is 1. The van der Waals surface area contributed by atoms with Gasteiger partial charge in [0, 0.05) is 16.5 Å². The summed E-state index contributed by atoms with van der Waals surface area (Å²) >= 11 is 1.40. The molecule has 0 radical (unpaired) electrons. The van der Waals surface area contributed by atoms with Crippen LogP contribution < -0.4 is 10.7 Å². The Morgan fingerprint density at radius 1 is 1.00 bits per heavy atom. The van der Waals surface area contributed by atoms with Crippen LogP contribution in [0.3, 0.4) is 0 Å². The lowest BCUT2D eigenvalue weighted by Gasteiger charge is -2.08. The highest BCUT2D eigenvalue weighted by Crippen LogP contribution is 2.15. The minimum atomic E-state index is -0.664. The topological polar surface area (TPSA) is 114 Å². The van der Waals surface area contributed by atoms with Gasteiger partial charge in [-0.25, -0.2) is 5.43 Å². The van der Waals surface area contributed by atoms with Crippen molar-refractivity contribution in [1.82, 2.24) is 10.7 Å². The number of hydrogen-bond acceptors (Lipinski definition) is 6. The van der Waals surface area contributed by atoms with E-state index >= 15 is 0 Å². The van der Waals surface area contributed by atoms with Crippen molar-refractivity contribution < 1.29 is 14.5 Å². The predicted molar refractivity (Wildman–Crippen MR) is 115 cm³/mol. The van der Waals surface area contributed by atoms with E-state index in [0.29, 0.717) is 5.56 Å². The monoisotopic (exact) mass is 420 g/mol. The fourth-order valence-electron chi connectivity index (χ4n) is 2.44. The van der Waals surface area contributed by atoms with Gasteiger partial charge < -0.3 is 5.32 Å². The molecule has 3 rings (SSSR count). The maximum atomic E-state index is 12.6. The summed E-state index contributed by atoms with van der Waals surface area (Å²) in [7, 11) is 0. The first kappa shape index (κ1) is 20.6. The summed E-state index contributed by atoms with van der Waals surface area (Å²) in [5.74, 6) is -1.11. The average Bonchev–Trinajstić information content (AvgIpc) is 3.27. The molecule has 0 unspecified atom stereocenters. The third-order valence-corrected chi connectivity index (χ3v) is 4.68. The third kappa shape index (κ3) is 5.46. The molecule has 0 atom stereocenters. The van der Waals surface area contributed by atoms with Crippen LogP contribution in [-0.2, 0) is 4.79 Å². The van der Waals surface area contributed by atoms with Crippen molar-refractivity contribution in [1.29, 1.82) is 0 Å². The zero-order valence-electron chi connectivity index (χ0n) is 15.5. The van der Waals surface area contributed by atoms with Crippen molar-refractivity contribution in [2.24, 2.45) is 5.10 Å². The number of carbonyl (C=O) groups excluding carboxylic acids is 2. The number of para-hydroxylation sites is 1. The van der Waals surface area contributed by atoms with Gasteiger partial charge in [-0.05, 0) is 35.7 Å². The molecule has 0 spiro atoms. The van der Waals surface area contributed by atoms with Gasteiger partial charge in [0.1, 0.15) is 5.70 Å². The first-order valence-corrected chi connectivity index (χ1v) is 9.61. The van der Waals surface area contributed by atoms with Gasteiger partial charge in [0.25, 0.3) is 17.5 Å². The van der Waals surface area contributed by atoms with Crippen molar-refractivity contribution in [3.63, 3.8) is 0 Å². The molecule has 0 aliphatic carbocycles. The number of benzene rings is 2. The average molecular weight is 420 g/mol. The van der Waals surface area contributed by atoms with Crippen LogP contribution in [0.1, 0.15) is 20.8 Å². The Morgan fingerprint density at radius 3 is 2.43 bits per heavy atom. The standard InChI is InChI=1S/C21H16N4O4S/c26-20(15-7-2-1-3-8-15)23-18(13-17-10-6-12-30-17)21(27)24-22-14-16-9-4-5-11-19(16)25(28)29/h1-14H,(H,23,26)(H,24,27)/b18-13+,22-14-. The molecule has 0 saturated heterocycles. The molecule has 1 aromatic heterocycles. The lowest BCUT2D eigenvalue weighted by Crippen LogP contribution is -2.32. The van der Waals surface area contributed by atoms with Crippen LogP contribution in [0.4, 0.5) is 5.69 Å². The van der Waals surface area contributed by atoms with Gasteiger partial charge in [-0.3, -0.25) is 19.7 Å². The van der Waals surface area contributed by atoms with E-state index in [2.05, 4.69) is 15.8 Å². The first-order chi connectivity index (χ1) is 14.5. The van der Waals surface area contributed by atoms with Gasteiger partial charge in [-0.1, -0.05) is 36.4 Å². The number of rotatable bonds is 7. The van der Waals surface area contributed by atoms with Crippen LogP contribution in [-0.4, -0.2) is 23.0 Å². The molecular weight excluding hydrogens is 404 g/mol. The fourth-order valence-corrected chi connectivity index (χ4v) is 3.10. The Labute approximate surface area is 175 Å². The second kappa shape index (κ2) is 9.89. The summed E-state index contributed by atoms with van der Waals surface area (Å²) in [6.07, 6.45) is 2.71. The number of thiophene rings is 1. The molecule has 9 heteroatoms. The van der Waals surface area contributed by atoms with Crippen LogP contribution in [0, 0.1) is 10.1 Å². The summed E-state index contributed by atoms with van der Waals surface area (Å²) in [5, 5.41) is 19.3. The van der Waals surface area contributed by atoms with Gasteiger partial charge in [-0.15, -0.1) is 11.3 Å². The number of nitrogens with zero attached hydrogens (tertiary/aromatic N) is 2. The smallest absolute Gasteiger partial charge is 0.287 e. The van der Waals surface area contributed by atoms with E-state index in [4.69, 9.17) is 0 Å². The summed E-state index contributed by atoms with van der Waals surface area (Å²) in [5.41, 5.74) is 2.78. The van der Waals surface area contributed by atoms with Crippen LogP contribution in [0.2, 0.25) is 0 Å². The number of nitrogens with one attached hydrogen (secondary N) is 2. The van der Waals surface area contributed by atoms with Crippen molar-refractivity contribution in [3.05, 3.63) is 104 Å². The van der Waals surface area contributed by atoms with Gasteiger partial charge in [0.15, 0.2) is 0 Å². The summed E-state index contributed by atoms with van der Waals surface area (Å²) in [6.45, 7) is 0. The Kier molecular flexibility index (Phi) is 6.80. The number of carbonyl (C=O) groups is 2. The summed E-state index contributed by atoms with van der Waals surface area (Å²) in [6, 6.07) is 18.1. The normalized spacial score (nSPS) is 11.3. The van der Waals surface area contributed by atoms with Gasteiger partial charge in [-0.2, -0.15) is 5.10 Å². The van der Waals surface area contributed by atoms with E-state index in [1.54, 1.807) is 42.5 Å². The zero-order chi connectivity index (χ0) is 21.3. The molecule has 150 valence electrons. The van der Waals surface area contributed by atoms with Crippen molar-refractivity contribution in [3.8, 4) is 0 Å². The molecule has 1 heterocycles. The molecule has 8 nitrogen and oxygen atoms in total. The SMILES string of the molecule is O=C(N/N=C\c1ccccc1[N+](=O)[O-])/C(=C\c1cccs1)NC(=O)c1ccccc1. The highest BCUT2D eigenvalue weighted by molar-refractivity contribution is 7.10. The van der Waals surface area contributed by atoms with E-state index in [-0.39, 0.29) is 16.9 Å². The second-order valence-corrected chi connectivity index (χ2v) is 6.89. The Morgan fingerprint density at radius 2 is 1.73 bits per heavy atom. The van der Waals surface area contributed by atoms with Gasteiger partial charge in [0.2, 0.25) is 0 Å². The van der Waals surface area contributed by atoms with E-state index in [1.165, 1.54) is 41.8 Å². The van der Waals surface area contributed by atoms with Crippen molar-refractivity contribution in [2.45, 2.75) is 0 Å². The fraction of sp³-hybridized carbons (Fsp3) is 0. The lowest BCUT2D eigenvalue weighted by molar-refractivity contribution is -0.385. The third-order valence-electron chi connectivity index (χ3n) is 3.86. The van der Waals surface area contributed by atoms with Gasteiger partial charge in [0.05, 0.1) is 16.7 Å². The zero-order valence-corrected chi connectivity index (χ0v) is 16.3. The quantitative estimate of drug-likeness (QED) is 0.263. The van der Waals surface area contributed by atoms with E-state index < -0.39 is 16.7 Å². The molecule has 0 fully saturated rings. The highest BCUT2D eigenvalue weighted by Gasteiger charge is 2.15. The van der Waals surface area contributed by atoms with E-state index in [0.717, 1.165) is 4.88 Å². The minimum absolute atomic E-state index is 0.00832. The van der Waals surface area contributed by atoms with Crippen LogP contribution in [0.15, 0.2) is 82.9 Å². The largest absolute Gasteiger partial charge is 0.317 e. The van der Waals surface area contributed by atoms with Gasteiger partial charge >= 0.3 is 0 Å². The maximum Gasteiger partial charge on any atom is 0.287 e. The number of nitro benzene ring substituents is 1. The van der Waals surface area contributed by atoms with Crippen molar-refractivity contribution >= 4 is 41.1 Å². The first-order valence-electron chi connectivity index (χ1n) is 8.73. The second-order valence-electron chi connectivity index (χ2n) is 5.91. The predicted octanol–water partition coefficient (Wildman–Crippen LogP) is 3.58. The molecule has 30 heavy (non-hydrogen) atoms. The summed E-state index contributed by atoms with van der Waals surface area (Å²) in [4.78, 5) is 36.4. The molecule has 2 N–H and O–H groups in total. The molecule has 0 saturated carbocycles. The van der Waals surface area contributed by atoms with Crippen LogP contribution >= 0.6 is 11.3 Å². The minimum Gasteiger partial charge on any atom is -0.317 e. The lowest BCUT2D eigenvalue weighted by atomic mass is 10.2. The maximum absolute atomic E-state index is 12.6. The summed E-state index contributed by atoms with van der Waals surface area (Å²) < 4.78 is 0. The molecule has 3 aromatic rings. The molecule has 2 aromatic carbocycles. The Hall–Kier alpha value is -4.11. The number of hydrogen-bond donors (Lipinski definition) is 2. The number of amides is 2. The molecule has 0 aliphatic rings. The number of nitro groups is 1. The Balaban J connectivity index is 1.78. The molecule has 0 bridgehead atoms. The molecule has 0 aliphatic heterocycles. The van der Waals surface area contributed by atoms with E-state index in [1.807, 2.05) is 11.4 Å². The highest BCUT2D eigenvalue weighted by atomic mass is 32.1. The Bertz CT molecular complexity index is 1110. The van der Waals surface area contributed by atoms with Crippen LogP contribution in [0.25, 0.3) is 6.08 Å². The molecular formula is C21H16N4O4S. The van der Waals surface area contributed by atoms with Crippen LogP contribution in [0.5, 0.6) is 0 Å².